The number of benzene rings is 1. The number of ether oxygens (including phenoxy) is 1. The summed E-state index contributed by atoms with van der Waals surface area (Å²) < 4.78 is 6.11. The van der Waals surface area contributed by atoms with Crippen LogP contribution in [0.1, 0.15) is 23.4 Å². The SMILES string of the molecule is Cc1nn(CC(=O)OCC(=O)NCCCc2ccccc2)c(C)c1[N+](=O)[O-]. The number of aryl methyl sites for hydroxylation is 2. The van der Waals surface area contributed by atoms with Crippen molar-refractivity contribution in [2.75, 3.05) is 13.2 Å². The molecule has 144 valence electrons. The maximum atomic E-state index is 11.8. The molecule has 9 heteroatoms. The van der Waals surface area contributed by atoms with E-state index in [9.17, 15) is 19.7 Å². The average Bonchev–Trinajstić information content (AvgIpc) is 2.91. The Morgan fingerprint density at radius 2 is 1.96 bits per heavy atom. The van der Waals surface area contributed by atoms with E-state index >= 15 is 0 Å². The second-order valence-corrected chi connectivity index (χ2v) is 6.03. The van der Waals surface area contributed by atoms with Crippen LogP contribution in [0, 0.1) is 24.0 Å². The van der Waals surface area contributed by atoms with Gasteiger partial charge in [0.1, 0.15) is 17.9 Å². The molecule has 0 atom stereocenters. The molecule has 1 heterocycles. The fourth-order valence-corrected chi connectivity index (χ4v) is 2.64. The maximum absolute atomic E-state index is 11.8. The van der Waals surface area contributed by atoms with Crippen molar-refractivity contribution in [2.24, 2.45) is 0 Å². The van der Waals surface area contributed by atoms with Crippen LogP contribution in [0.3, 0.4) is 0 Å². The van der Waals surface area contributed by atoms with E-state index in [1.807, 2.05) is 30.3 Å². The molecule has 0 aliphatic rings. The smallest absolute Gasteiger partial charge is 0.328 e. The standard InChI is InChI=1S/C18H22N4O5/c1-13-18(22(25)26)14(2)21(20-13)11-17(24)27-12-16(23)19-10-6-9-15-7-4-3-5-8-15/h3-5,7-8H,6,9-12H2,1-2H3,(H,19,23). The lowest BCUT2D eigenvalue weighted by Crippen LogP contribution is -2.30. The number of carbonyl (C=O) groups excluding carboxylic acids is 2. The molecule has 2 rings (SSSR count). The molecule has 1 amide bonds. The molecule has 0 aliphatic heterocycles. The third-order valence-corrected chi connectivity index (χ3v) is 3.98. The summed E-state index contributed by atoms with van der Waals surface area (Å²) in [5.41, 5.74) is 1.55. The highest BCUT2D eigenvalue weighted by Gasteiger charge is 2.23. The molecular formula is C18H22N4O5. The molecule has 1 N–H and O–H groups in total. The van der Waals surface area contributed by atoms with Gasteiger partial charge in [-0.15, -0.1) is 0 Å². The second kappa shape index (κ2) is 9.46. The van der Waals surface area contributed by atoms with Crippen LogP contribution in [0.2, 0.25) is 0 Å². The molecule has 1 aromatic carbocycles. The van der Waals surface area contributed by atoms with Gasteiger partial charge in [-0.05, 0) is 32.3 Å². The number of rotatable bonds is 9. The van der Waals surface area contributed by atoms with Crippen LogP contribution < -0.4 is 5.32 Å². The molecular weight excluding hydrogens is 352 g/mol. The minimum atomic E-state index is -0.685. The predicted molar refractivity (Wildman–Crippen MR) is 97.1 cm³/mol. The van der Waals surface area contributed by atoms with Crippen molar-refractivity contribution < 1.29 is 19.2 Å². The van der Waals surface area contributed by atoms with Gasteiger partial charge in [-0.3, -0.25) is 24.4 Å². The van der Waals surface area contributed by atoms with E-state index in [-0.39, 0.29) is 23.6 Å². The number of hydrogen-bond acceptors (Lipinski definition) is 6. The summed E-state index contributed by atoms with van der Waals surface area (Å²) in [6, 6.07) is 9.92. The molecule has 0 saturated carbocycles. The van der Waals surface area contributed by atoms with Crippen molar-refractivity contribution in [2.45, 2.75) is 33.2 Å². The van der Waals surface area contributed by atoms with E-state index in [1.54, 1.807) is 0 Å². The summed E-state index contributed by atoms with van der Waals surface area (Å²) in [6.07, 6.45) is 1.62. The summed E-state index contributed by atoms with van der Waals surface area (Å²) >= 11 is 0. The van der Waals surface area contributed by atoms with E-state index in [1.165, 1.54) is 24.1 Å². The van der Waals surface area contributed by atoms with Gasteiger partial charge < -0.3 is 10.1 Å². The Morgan fingerprint density at radius 3 is 2.59 bits per heavy atom. The normalized spacial score (nSPS) is 10.4. The Hall–Kier alpha value is -3.23. The van der Waals surface area contributed by atoms with Crippen molar-refractivity contribution in [3.63, 3.8) is 0 Å². The van der Waals surface area contributed by atoms with Crippen molar-refractivity contribution in [1.29, 1.82) is 0 Å². The molecule has 0 spiro atoms. The summed E-state index contributed by atoms with van der Waals surface area (Å²) in [5, 5.41) is 17.6. The third-order valence-electron chi connectivity index (χ3n) is 3.98. The van der Waals surface area contributed by atoms with Crippen LogP contribution in [-0.4, -0.2) is 39.7 Å². The van der Waals surface area contributed by atoms with Gasteiger partial charge in [-0.25, -0.2) is 0 Å². The average molecular weight is 374 g/mol. The maximum Gasteiger partial charge on any atom is 0.328 e. The molecule has 0 unspecified atom stereocenters. The van der Waals surface area contributed by atoms with Crippen molar-refractivity contribution in [3.05, 3.63) is 57.4 Å². The Bertz CT molecular complexity index is 817. The van der Waals surface area contributed by atoms with Gasteiger partial charge in [0.2, 0.25) is 0 Å². The highest BCUT2D eigenvalue weighted by Crippen LogP contribution is 2.21. The van der Waals surface area contributed by atoms with E-state index < -0.39 is 23.4 Å². The first-order chi connectivity index (χ1) is 12.9. The van der Waals surface area contributed by atoms with Crippen LogP contribution >= 0.6 is 0 Å². The van der Waals surface area contributed by atoms with Gasteiger partial charge in [0, 0.05) is 6.54 Å². The number of carbonyl (C=O) groups is 2. The second-order valence-electron chi connectivity index (χ2n) is 6.03. The Kier molecular flexibility index (Phi) is 7.04. The minimum Gasteiger partial charge on any atom is -0.454 e. The van der Waals surface area contributed by atoms with Gasteiger partial charge >= 0.3 is 11.7 Å². The molecule has 0 saturated heterocycles. The number of aromatic nitrogens is 2. The van der Waals surface area contributed by atoms with E-state index in [0.717, 1.165) is 12.8 Å². The molecule has 1 aromatic heterocycles. The summed E-state index contributed by atoms with van der Waals surface area (Å²) in [6.45, 7) is 2.79. The van der Waals surface area contributed by atoms with Crippen LogP contribution in [0.15, 0.2) is 30.3 Å². The zero-order chi connectivity index (χ0) is 19.8. The minimum absolute atomic E-state index is 0.126. The zero-order valence-corrected chi connectivity index (χ0v) is 15.3. The Balaban J connectivity index is 1.70. The predicted octanol–water partition coefficient (Wildman–Crippen LogP) is 1.70. The van der Waals surface area contributed by atoms with Crippen LogP contribution in [0.4, 0.5) is 5.69 Å². The fourth-order valence-electron chi connectivity index (χ4n) is 2.64. The zero-order valence-electron chi connectivity index (χ0n) is 15.3. The highest BCUT2D eigenvalue weighted by molar-refractivity contribution is 5.80. The Labute approximate surface area is 156 Å². The lowest BCUT2D eigenvalue weighted by atomic mass is 10.1. The number of amides is 1. The van der Waals surface area contributed by atoms with Gasteiger partial charge in [0.25, 0.3) is 5.91 Å². The van der Waals surface area contributed by atoms with Crippen molar-refractivity contribution in [1.82, 2.24) is 15.1 Å². The lowest BCUT2D eigenvalue weighted by Gasteiger charge is -2.07. The van der Waals surface area contributed by atoms with Crippen molar-refractivity contribution >= 4 is 17.6 Å². The fraction of sp³-hybridized carbons (Fsp3) is 0.389. The van der Waals surface area contributed by atoms with Gasteiger partial charge in [0.15, 0.2) is 6.61 Å². The van der Waals surface area contributed by atoms with Crippen LogP contribution in [-0.2, 0) is 27.3 Å². The van der Waals surface area contributed by atoms with Gasteiger partial charge in [0.05, 0.1) is 4.92 Å². The van der Waals surface area contributed by atoms with E-state index in [2.05, 4.69) is 10.4 Å². The van der Waals surface area contributed by atoms with Crippen LogP contribution in [0.5, 0.6) is 0 Å². The van der Waals surface area contributed by atoms with E-state index in [0.29, 0.717) is 6.54 Å². The monoisotopic (exact) mass is 374 g/mol. The largest absolute Gasteiger partial charge is 0.454 e. The quantitative estimate of drug-likeness (QED) is 0.309. The van der Waals surface area contributed by atoms with Gasteiger partial charge in [-0.1, -0.05) is 30.3 Å². The number of esters is 1. The number of nitro groups is 1. The van der Waals surface area contributed by atoms with Crippen molar-refractivity contribution in [3.8, 4) is 0 Å². The molecule has 0 fully saturated rings. The molecule has 2 aromatic rings. The molecule has 0 bridgehead atoms. The summed E-state index contributed by atoms with van der Waals surface area (Å²) in [5.74, 6) is -1.08. The highest BCUT2D eigenvalue weighted by atomic mass is 16.6. The topological polar surface area (TPSA) is 116 Å². The first-order valence-electron chi connectivity index (χ1n) is 8.53. The molecule has 27 heavy (non-hydrogen) atoms. The molecule has 9 nitrogen and oxygen atoms in total. The van der Waals surface area contributed by atoms with E-state index in [4.69, 9.17) is 4.74 Å². The number of nitrogens with one attached hydrogen (secondary N) is 1. The molecule has 0 radical (unpaired) electrons. The summed E-state index contributed by atoms with van der Waals surface area (Å²) in [7, 11) is 0. The first kappa shape index (κ1) is 20.1. The van der Waals surface area contributed by atoms with Gasteiger partial charge in [-0.2, -0.15) is 5.10 Å². The lowest BCUT2D eigenvalue weighted by molar-refractivity contribution is -0.386. The number of nitrogens with zero attached hydrogens (tertiary/aromatic N) is 3. The number of hydrogen-bond donors (Lipinski definition) is 1. The molecule has 0 aliphatic carbocycles. The first-order valence-corrected chi connectivity index (χ1v) is 8.53. The summed E-state index contributed by atoms with van der Waals surface area (Å²) in [4.78, 5) is 34.0. The Morgan fingerprint density at radius 1 is 1.26 bits per heavy atom. The van der Waals surface area contributed by atoms with Crippen LogP contribution in [0.25, 0.3) is 0 Å². The third kappa shape index (κ3) is 5.91.